The number of aliphatic hydroxyl groups is 1. The molecular weight excluding hydrogens is 459 g/mol. The minimum Gasteiger partial charge on any atom is -0.481 e. The molecule has 0 aromatic heterocycles. The van der Waals surface area contributed by atoms with Crippen molar-refractivity contribution < 1.29 is 24.9 Å². The second kappa shape index (κ2) is 12.3. The zero-order valence-electron chi connectivity index (χ0n) is 17.0. The van der Waals surface area contributed by atoms with Gasteiger partial charge in [-0.05, 0) is 53.8 Å². The number of carboxylic acid groups (broad SMARTS) is 2. The lowest BCUT2D eigenvalue weighted by molar-refractivity contribution is -0.162. The van der Waals surface area contributed by atoms with Gasteiger partial charge in [-0.25, -0.2) is 4.79 Å². The lowest BCUT2D eigenvalue weighted by Crippen LogP contribution is -2.43. The maximum Gasteiger partial charge on any atom is 0.337 e. The van der Waals surface area contributed by atoms with E-state index in [1.807, 2.05) is 36.4 Å². The third kappa shape index (κ3) is 8.04. The maximum atomic E-state index is 11.1. The Morgan fingerprint density at radius 3 is 2.29 bits per heavy atom. The highest BCUT2D eigenvalue weighted by atomic mass is 35.5. The standard InChI is InChI=1S/C23H26Cl2O5S/c24-17-12-19(16-8-4-3-5-9-16)18(20(25)13-17)10-6-1-2-7-11-31-15-23(30,22(28)29)14-21(26)27/h3-5,8-9,12-13,30H,1-2,6-7,10-11,14-15H2,(H,26,27)(H,28,29)/t23-/m1/s1. The molecule has 2 aromatic rings. The number of benzene rings is 2. The summed E-state index contributed by atoms with van der Waals surface area (Å²) in [5.74, 6) is -2.32. The Morgan fingerprint density at radius 1 is 0.968 bits per heavy atom. The van der Waals surface area contributed by atoms with Crippen LogP contribution in [0.3, 0.4) is 0 Å². The third-order valence-corrected chi connectivity index (χ3v) is 6.71. The summed E-state index contributed by atoms with van der Waals surface area (Å²) in [6.45, 7) is 0. The van der Waals surface area contributed by atoms with E-state index in [1.54, 1.807) is 6.07 Å². The van der Waals surface area contributed by atoms with Crippen molar-refractivity contribution in [3.8, 4) is 11.1 Å². The molecule has 0 bridgehead atoms. The van der Waals surface area contributed by atoms with E-state index in [0.29, 0.717) is 15.8 Å². The molecule has 0 unspecified atom stereocenters. The van der Waals surface area contributed by atoms with Crippen LogP contribution in [0, 0.1) is 0 Å². The van der Waals surface area contributed by atoms with Gasteiger partial charge in [0.25, 0.3) is 0 Å². The van der Waals surface area contributed by atoms with Gasteiger partial charge in [0.1, 0.15) is 0 Å². The van der Waals surface area contributed by atoms with E-state index in [9.17, 15) is 14.7 Å². The van der Waals surface area contributed by atoms with Gasteiger partial charge in [-0.15, -0.1) is 0 Å². The van der Waals surface area contributed by atoms with Gasteiger partial charge >= 0.3 is 11.9 Å². The van der Waals surface area contributed by atoms with Crippen LogP contribution in [0.4, 0.5) is 0 Å². The predicted octanol–water partition coefficient (Wildman–Crippen LogP) is 5.79. The lowest BCUT2D eigenvalue weighted by Gasteiger charge is -2.20. The quantitative estimate of drug-likeness (QED) is 0.311. The molecule has 8 heteroatoms. The number of halogens is 2. The molecule has 0 heterocycles. The second-order valence-electron chi connectivity index (χ2n) is 7.40. The van der Waals surface area contributed by atoms with Gasteiger partial charge in [-0.1, -0.05) is 66.4 Å². The first-order valence-electron chi connectivity index (χ1n) is 10.0. The summed E-state index contributed by atoms with van der Waals surface area (Å²) < 4.78 is 0. The lowest BCUT2D eigenvalue weighted by atomic mass is 9.95. The average Bonchev–Trinajstić information content (AvgIpc) is 2.71. The van der Waals surface area contributed by atoms with Crippen LogP contribution in [0.25, 0.3) is 11.1 Å². The fraction of sp³-hybridized carbons (Fsp3) is 0.391. The Balaban J connectivity index is 1.79. The summed E-state index contributed by atoms with van der Waals surface area (Å²) in [7, 11) is 0. The van der Waals surface area contributed by atoms with Crippen molar-refractivity contribution in [2.75, 3.05) is 11.5 Å². The van der Waals surface area contributed by atoms with E-state index < -0.39 is 24.0 Å². The molecule has 0 saturated heterocycles. The number of aliphatic carboxylic acids is 2. The third-order valence-electron chi connectivity index (χ3n) is 4.89. The summed E-state index contributed by atoms with van der Waals surface area (Å²) in [6, 6.07) is 13.7. The first kappa shape index (κ1) is 25.5. The SMILES string of the molecule is O=C(O)C[C@@](O)(CSCCCCCCc1c(Cl)cc(Cl)cc1-c1ccccc1)C(=O)O. The Kier molecular flexibility index (Phi) is 10.2. The smallest absolute Gasteiger partial charge is 0.337 e. The normalized spacial score (nSPS) is 13.0. The summed E-state index contributed by atoms with van der Waals surface area (Å²) in [5.41, 5.74) is 0.966. The van der Waals surface area contributed by atoms with Crippen LogP contribution >= 0.6 is 35.0 Å². The van der Waals surface area contributed by atoms with Crippen LogP contribution < -0.4 is 0 Å². The Morgan fingerprint density at radius 2 is 1.65 bits per heavy atom. The number of thioether (sulfide) groups is 1. The number of hydrogen-bond donors (Lipinski definition) is 3. The largest absolute Gasteiger partial charge is 0.481 e. The van der Waals surface area contributed by atoms with E-state index in [1.165, 1.54) is 11.8 Å². The molecule has 0 amide bonds. The molecule has 0 aliphatic rings. The molecule has 31 heavy (non-hydrogen) atoms. The van der Waals surface area contributed by atoms with Crippen molar-refractivity contribution in [1.82, 2.24) is 0 Å². The second-order valence-corrected chi connectivity index (χ2v) is 9.35. The first-order chi connectivity index (χ1) is 14.7. The molecule has 0 saturated carbocycles. The number of unbranched alkanes of at least 4 members (excludes halogenated alkanes) is 3. The zero-order valence-corrected chi connectivity index (χ0v) is 19.3. The topological polar surface area (TPSA) is 94.8 Å². The highest BCUT2D eigenvalue weighted by Gasteiger charge is 2.38. The van der Waals surface area contributed by atoms with Crippen molar-refractivity contribution >= 4 is 46.9 Å². The van der Waals surface area contributed by atoms with E-state index in [0.717, 1.165) is 48.8 Å². The van der Waals surface area contributed by atoms with Crippen LogP contribution in [-0.2, 0) is 16.0 Å². The van der Waals surface area contributed by atoms with E-state index in [-0.39, 0.29) is 5.75 Å². The average molecular weight is 485 g/mol. The van der Waals surface area contributed by atoms with Crippen LogP contribution in [0.1, 0.15) is 37.7 Å². The molecule has 2 aromatic carbocycles. The Bertz CT molecular complexity index is 891. The molecule has 5 nitrogen and oxygen atoms in total. The Labute approximate surface area is 196 Å². The van der Waals surface area contributed by atoms with Crippen LogP contribution in [0.5, 0.6) is 0 Å². The van der Waals surface area contributed by atoms with E-state index in [2.05, 4.69) is 0 Å². The summed E-state index contributed by atoms with van der Waals surface area (Å²) in [6.07, 6.45) is 3.75. The number of hydrogen-bond acceptors (Lipinski definition) is 4. The van der Waals surface area contributed by atoms with Crippen molar-refractivity contribution in [2.24, 2.45) is 0 Å². The van der Waals surface area contributed by atoms with E-state index in [4.69, 9.17) is 33.4 Å². The minimum atomic E-state index is -2.23. The molecule has 168 valence electrons. The predicted molar refractivity (Wildman–Crippen MR) is 126 cm³/mol. The van der Waals surface area contributed by atoms with Crippen molar-refractivity contribution in [1.29, 1.82) is 0 Å². The van der Waals surface area contributed by atoms with Gasteiger partial charge in [0.05, 0.1) is 6.42 Å². The van der Waals surface area contributed by atoms with Gasteiger partial charge < -0.3 is 15.3 Å². The van der Waals surface area contributed by atoms with Gasteiger partial charge in [0.2, 0.25) is 0 Å². The molecule has 0 aliphatic heterocycles. The highest BCUT2D eigenvalue weighted by molar-refractivity contribution is 7.99. The van der Waals surface area contributed by atoms with Gasteiger partial charge in [-0.2, -0.15) is 11.8 Å². The molecular formula is C23H26Cl2O5S. The van der Waals surface area contributed by atoms with Crippen molar-refractivity contribution in [2.45, 2.75) is 44.1 Å². The fourth-order valence-electron chi connectivity index (χ4n) is 3.27. The summed E-state index contributed by atoms with van der Waals surface area (Å²) >= 11 is 13.9. The molecule has 2 rings (SSSR count). The molecule has 0 spiro atoms. The van der Waals surface area contributed by atoms with Crippen LogP contribution in [0.15, 0.2) is 42.5 Å². The van der Waals surface area contributed by atoms with Gasteiger partial charge in [0.15, 0.2) is 5.60 Å². The van der Waals surface area contributed by atoms with E-state index >= 15 is 0 Å². The number of carbonyl (C=O) groups is 2. The van der Waals surface area contributed by atoms with Crippen molar-refractivity contribution in [3.05, 3.63) is 58.1 Å². The van der Waals surface area contributed by atoms with Crippen molar-refractivity contribution in [3.63, 3.8) is 0 Å². The number of carboxylic acids is 2. The number of rotatable bonds is 13. The summed E-state index contributed by atoms with van der Waals surface area (Å²) in [4.78, 5) is 21.9. The molecule has 3 N–H and O–H groups in total. The first-order valence-corrected chi connectivity index (χ1v) is 11.9. The van der Waals surface area contributed by atoms with Gasteiger partial charge in [-0.3, -0.25) is 4.79 Å². The molecule has 1 atom stereocenters. The molecule has 0 fully saturated rings. The van der Waals surface area contributed by atoms with Gasteiger partial charge in [0, 0.05) is 15.8 Å². The highest BCUT2D eigenvalue weighted by Crippen LogP contribution is 2.34. The summed E-state index contributed by atoms with van der Waals surface area (Å²) in [5, 5.41) is 29.1. The fourth-order valence-corrected chi connectivity index (χ4v) is 4.98. The maximum absolute atomic E-state index is 11.1. The monoisotopic (exact) mass is 484 g/mol. The molecule has 0 aliphatic carbocycles. The zero-order chi connectivity index (χ0) is 22.9. The minimum absolute atomic E-state index is 0.143. The van der Waals surface area contributed by atoms with Crippen LogP contribution in [0.2, 0.25) is 10.0 Å². The Hall–Kier alpha value is -1.73. The molecule has 0 radical (unpaired) electrons. The van der Waals surface area contributed by atoms with Crippen LogP contribution in [-0.4, -0.2) is 44.4 Å².